The van der Waals surface area contributed by atoms with Crippen molar-refractivity contribution in [3.05, 3.63) is 60.8 Å². The zero-order chi connectivity index (χ0) is 14.2. The minimum absolute atomic E-state index is 0.927. The third-order valence-electron chi connectivity index (χ3n) is 3.91. The van der Waals surface area contributed by atoms with Gasteiger partial charge in [0.1, 0.15) is 12.4 Å². The predicted octanol–water partition coefficient (Wildman–Crippen LogP) is 3.69. The van der Waals surface area contributed by atoms with Gasteiger partial charge in [-0.1, -0.05) is 24.3 Å². The van der Waals surface area contributed by atoms with Crippen molar-refractivity contribution in [1.29, 1.82) is 0 Å². The van der Waals surface area contributed by atoms with Crippen LogP contribution >= 0.6 is 0 Å². The molecule has 102 valence electrons. The van der Waals surface area contributed by atoms with Crippen LogP contribution in [0.25, 0.3) is 33.3 Å². The van der Waals surface area contributed by atoms with E-state index in [2.05, 4.69) is 59.1 Å². The van der Waals surface area contributed by atoms with Gasteiger partial charge in [-0.05, 0) is 25.1 Å². The summed E-state index contributed by atoms with van der Waals surface area (Å²) in [4.78, 5) is 8.14. The molecule has 0 aliphatic heterocycles. The van der Waals surface area contributed by atoms with Crippen molar-refractivity contribution in [2.45, 2.75) is 13.5 Å². The maximum atomic E-state index is 4.72. The Morgan fingerprint density at radius 3 is 2.67 bits per heavy atom. The second kappa shape index (κ2) is 4.70. The van der Waals surface area contributed by atoms with E-state index in [0.717, 1.165) is 29.0 Å². The van der Waals surface area contributed by atoms with Gasteiger partial charge in [0.15, 0.2) is 6.20 Å². The minimum atomic E-state index is 0.927. The van der Waals surface area contributed by atoms with Gasteiger partial charge in [0.2, 0.25) is 5.52 Å². The number of hydrogen-bond donors (Lipinski definition) is 1. The van der Waals surface area contributed by atoms with Crippen LogP contribution in [0.4, 0.5) is 0 Å². The van der Waals surface area contributed by atoms with Gasteiger partial charge in [-0.15, -0.1) is 0 Å². The Morgan fingerprint density at radius 1 is 1.00 bits per heavy atom. The molecule has 0 amide bonds. The van der Waals surface area contributed by atoms with Crippen LogP contribution in [0.2, 0.25) is 0 Å². The SMILES string of the molecule is CC[n+]1ccc(-c2nc3ccccc3[nH]2)c2ccccc21. The van der Waals surface area contributed by atoms with Gasteiger partial charge in [0.25, 0.3) is 0 Å². The molecule has 0 atom stereocenters. The summed E-state index contributed by atoms with van der Waals surface area (Å²) >= 11 is 0. The molecule has 0 spiro atoms. The number of aromatic nitrogens is 3. The molecule has 2 aromatic carbocycles. The zero-order valence-corrected chi connectivity index (χ0v) is 11.9. The number of aryl methyl sites for hydroxylation is 1. The van der Waals surface area contributed by atoms with Crippen LogP contribution in [-0.4, -0.2) is 9.97 Å². The Hall–Kier alpha value is -2.68. The molecular weight excluding hydrogens is 258 g/mol. The normalized spacial score (nSPS) is 11.3. The highest BCUT2D eigenvalue weighted by atomic mass is 15.0. The molecule has 0 aliphatic rings. The minimum Gasteiger partial charge on any atom is -0.338 e. The van der Waals surface area contributed by atoms with E-state index in [1.807, 2.05) is 18.2 Å². The van der Waals surface area contributed by atoms with E-state index in [1.165, 1.54) is 10.9 Å². The summed E-state index contributed by atoms with van der Waals surface area (Å²) in [5.74, 6) is 0.927. The lowest BCUT2D eigenvalue weighted by Crippen LogP contribution is -2.32. The highest BCUT2D eigenvalue weighted by molar-refractivity contribution is 5.92. The first-order valence-electron chi connectivity index (χ1n) is 7.23. The predicted molar refractivity (Wildman–Crippen MR) is 84.9 cm³/mol. The molecule has 0 aliphatic carbocycles. The standard InChI is InChI=1S/C18H15N3/c1-2-21-12-11-14(13-7-3-6-10-17(13)21)18-19-15-8-4-5-9-16(15)20-18/h3-12H,2H2,1H3/p+1. The number of nitrogens with one attached hydrogen (secondary N) is 1. The van der Waals surface area contributed by atoms with E-state index in [0.29, 0.717) is 0 Å². The van der Waals surface area contributed by atoms with Gasteiger partial charge in [-0.25, -0.2) is 4.98 Å². The Morgan fingerprint density at radius 2 is 1.81 bits per heavy atom. The fraction of sp³-hybridized carbons (Fsp3) is 0.111. The summed E-state index contributed by atoms with van der Waals surface area (Å²) in [5.41, 5.74) is 4.46. The number of hydrogen-bond acceptors (Lipinski definition) is 1. The number of benzene rings is 2. The van der Waals surface area contributed by atoms with E-state index < -0.39 is 0 Å². The van der Waals surface area contributed by atoms with Gasteiger partial charge in [-0.3, -0.25) is 0 Å². The van der Waals surface area contributed by atoms with Crippen LogP contribution in [0, 0.1) is 0 Å². The average Bonchev–Trinajstić information content (AvgIpc) is 2.97. The highest BCUT2D eigenvalue weighted by Crippen LogP contribution is 2.26. The van der Waals surface area contributed by atoms with Gasteiger partial charge in [0, 0.05) is 17.7 Å². The maximum Gasteiger partial charge on any atom is 0.213 e. The smallest absolute Gasteiger partial charge is 0.213 e. The second-order valence-corrected chi connectivity index (χ2v) is 5.14. The summed E-state index contributed by atoms with van der Waals surface area (Å²) < 4.78 is 2.25. The van der Waals surface area contributed by atoms with Crippen LogP contribution in [0.3, 0.4) is 0 Å². The molecular formula is C18H16N3+. The van der Waals surface area contributed by atoms with Gasteiger partial charge in [0.05, 0.1) is 16.4 Å². The van der Waals surface area contributed by atoms with Crippen molar-refractivity contribution in [1.82, 2.24) is 9.97 Å². The monoisotopic (exact) mass is 274 g/mol. The summed E-state index contributed by atoms with van der Waals surface area (Å²) in [7, 11) is 0. The molecule has 0 saturated carbocycles. The molecule has 2 heterocycles. The molecule has 0 fully saturated rings. The van der Waals surface area contributed by atoms with Crippen LogP contribution < -0.4 is 4.57 Å². The lowest BCUT2D eigenvalue weighted by Gasteiger charge is -2.03. The zero-order valence-electron chi connectivity index (χ0n) is 11.9. The van der Waals surface area contributed by atoms with E-state index in [9.17, 15) is 0 Å². The maximum absolute atomic E-state index is 4.72. The molecule has 21 heavy (non-hydrogen) atoms. The average molecular weight is 274 g/mol. The Balaban J connectivity index is 2.02. The van der Waals surface area contributed by atoms with Crippen molar-refractivity contribution in [2.75, 3.05) is 0 Å². The summed E-state index contributed by atoms with van der Waals surface area (Å²) in [6.07, 6.45) is 2.13. The fourth-order valence-electron chi connectivity index (χ4n) is 2.85. The van der Waals surface area contributed by atoms with E-state index in [4.69, 9.17) is 4.98 Å². The second-order valence-electron chi connectivity index (χ2n) is 5.14. The number of para-hydroxylation sites is 3. The molecule has 0 bridgehead atoms. The van der Waals surface area contributed by atoms with Crippen molar-refractivity contribution in [2.24, 2.45) is 0 Å². The molecule has 4 aromatic rings. The largest absolute Gasteiger partial charge is 0.338 e. The van der Waals surface area contributed by atoms with Gasteiger partial charge in [-0.2, -0.15) is 4.57 Å². The summed E-state index contributed by atoms with van der Waals surface area (Å²) in [6, 6.07) is 18.7. The Labute approximate surface area is 122 Å². The number of fused-ring (bicyclic) bond motifs is 2. The number of nitrogens with zero attached hydrogens (tertiary/aromatic N) is 2. The topological polar surface area (TPSA) is 32.6 Å². The molecule has 2 aromatic heterocycles. The van der Waals surface area contributed by atoms with Crippen molar-refractivity contribution >= 4 is 21.9 Å². The summed E-state index contributed by atoms with van der Waals surface area (Å²) in [6.45, 7) is 3.12. The number of imidazole rings is 1. The molecule has 3 nitrogen and oxygen atoms in total. The van der Waals surface area contributed by atoms with Crippen molar-refractivity contribution in [3.8, 4) is 11.4 Å². The number of H-pyrrole nitrogens is 1. The first-order chi connectivity index (χ1) is 10.4. The van der Waals surface area contributed by atoms with Crippen LogP contribution in [0.5, 0.6) is 0 Å². The first-order valence-corrected chi connectivity index (χ1v) is 7.23. The van der Waals surface area contributed by atoms with Crippen LogP contribution in [0.15, 0.2) is 60.8 Å². The Kier molecular flexibility index (Phi) is 2.71. The van der Waals surface area contributed by atoms with Crippen LogP contribution in [-0.2, 0) is 6.54 Å². The van der Waals surface area contributed by atoms with Crippen LogP contribution in [0.1, 0.15) is 6.92 Å². The molecule has 0 radical (unpaired) electrons. The van der Waals surface area contributed by atoms with E-state index >= 15 is 0 Å². The molecule has 1 N–H and O–H groups in total. The number of aromatic amines is 1. The molecule has 4 rings (SSSR count). The fourth-order valence-corrected chi connectivity index (χ4v) is 2.85. The third kappa shape index (κ3) is 1.89. The summed E-state index contributed by atoms with van der Waals surface area (Å²) in [5, 5.41) is 1.22. The number of pyridine rings is 1. The lowest BCUT2D eigenvalue weighted by atomic mass is 10.1. The highest BCUT2D eigenvalue weighted by Gasteiger charge is 2.14. The van der Waals surface area contributed by atoms with Gasteiger partial charge < -0.3 is 4.98 Å². The third-order valence-corrected chi connectivity index (χ3v) is 3.91. The quantitative estimate of drug-likeness (QED) is 0.555. The van der Waals surface area contributed by atoms with Crippen molar-refractivity contribution < 1.29 is 4.57 Å². The molecule has 3 heteroatoms. The Bertz CT molecular complexity index is 904. The number of rotatable bonds is 2. The lowest BCUT2D eigenvalue weighted by molar-refractivity contribution is -0.667. The molecule has 0 unspecified atom stereocenters. The van der Waals surface area contributed by atoms with E-state index in [1.54, 1.807) is 0 Å². The first kappa shape index (κ1) is 12.1. The van der Waals surface area contributed by atoms with Gasteiger partial charge >= 0.3 is 0 Å². The molecule has 0 saturated heterocycles. The van der Waals surface area contributed by atoms with Crippen molar-refractivity contribution in [3.63, 3.8) is 0 Å². The van der Waals surface area contributed by atoms with E-state index in [-0.39, 0.29) is 0 Å².